The number of rotatable bonds is 19. The average molecular weight is 921 g/mol. The summed E-state index contributed by atoms with van der Waals surface area (Å²) < 4.78 is 46.8. The number of nitriles is 1. The molecular formula is C46H59N5O13P+. The molecule has 2 bridgehead atoms. The third kappa shape index (κ3) is 9.07. The summed E-state index contributed by atoms with van der Waals surface area (Å²) in [6.45, 7) is 7.13. The number of urea groups is 1. The van der Waals surface area contributed by atoms with Crippen molar-refractivity contribution in [2.75, 3.05) is 47.6 Å². The molecular weight excluding hydrogens is 862 g/mol. The number of hydroxylamine groups is 2. The Morgan fingerprint density at radius 2 is 1.54 bits per heavy atom. The van der Waals surface area contributed by atoms with Crippen molar-refractivity contribution in [2.24, 2.45) is 0 Å². The fourth-order valence-corrected chi connectivity index (χ4v) is 11.1. The van der Waals surface area contributed by atoms with Crippen LogP contribution in [0.1, 0.15) is 50.8 Å². The van der Waals surface area contributed by atoms with E-state index in [1.165, 1.54) is 6.20 Å². The molecule has 0 spiro atoms. The van der Waals surface area contributed by atoms with Crippen molar-refractivity contribution in [1.82, 2.24) is 15.1 Å². The van der Waals surface area contributed by atoms with Crippen LogP contribution in [-0.2, 0) is 38.5 Å². The lowest BCUT2D eigenvalue weighted by Gasteiger charge is -2.46. The van der Waals surface area contributed by atoms with E-state index in [0.717, 1.165) is 22.8 Å². The summed E-state index contributed by atoms with van der Waals surface area (Å²) in [7, 11) is 2.88. The van der Waals surface area contributed by atoms with Crippen LogP contribution in [0.25, 0.3) is 0 Å². The Morgan fingerprint density at radius 1 is 0.938 bits per heavy atom. The van der Waals surface area contributed by atoms with E-state index >= 15 is 0 Å². The monoisotopic (exact) mass is 920 g/mol. The highest BCUT2D eigenvalue weighted by Gasteiger charge is 2.73. The Balaban J connectivity index is 1.44. The number of fused-ring (bicyclic) bond motifs is 2. The Kier molecular flexibility index (Phi) is 15.1. The average Bonchev–Trinajstić information content (AvgIpc) is 3.68. The lowest BCUT2D eigenvalue weighted by molar-refractivity contribution is -0.905. The number of aliphatic hydroxyl groups is 3. The normalized spacial score (nSPS) is 29.6. The van der Waals surface area contributed by atoms with Crippen LogP contribution in [0.3, 0.4) is 0 Å². The highest BCUT2D eigenvalue weighted by atomic mass is 31.2. The standard InChI is InChI=1S/C46H58N5O13P/c1-29(2)50(30(3)4)65(60-25-11-23-47)64-41-40-43(51(24-22-37(53)48-44(51)56)42-39(55)38(54)36(26-52)61-42)62-45(41,27-49(5)63-40)28-59-46(31-12-9-8-10-13-31,32-14-18-34(57-6)19-15-32)33-16-20-35(58-7)21-17-33/h8-10,12-22,24,29-30,36,38-43,52,54-55H,11,25-28H2,1-7H3/p+1/t36-,38-,39-,40-,41+,42-,43-,45-,51?,65?/m1/s1. The molecule has 3 saturated heterocycles. The summed E-state index contributed by atoms with van der Waals surface area (Å²) in [5.41, 5.74) is -0.688. The minimum absolute atomic E-state index is 0.00822. The van der Waals surface area contributed by atoms with Crippen molar-refractivity contribution in [1.29, 1.82) is 5.26 Å². The molecule has 4 heterocycles. The van der Waals surface area contributed by atoms with Crippen molar-refractivity contribution in [3.8, 4) is 17.6 Å². The topological polar surface area (TPSA) is 211 Å². The molecule has 0 saturated carbocycles. The number of imide groups is 1. The van der Waals surface area contributed by atoms with Crippen LogP contribution in [0.15, 0.2) is 91.1 Å². The predicted molar refractivity (Wildman–Crippen MR) is 234 cm³/mol. The Morgan fingerprint density at radius 3 is 2.06 bits per heavy atom. The molecule has 3 aromatic carbocycles. The zero-order valence-electron chi connectivity index (χ0n) is 37.6. The number of hydrogen-bond donors (Lipinski definition) is 4. The molecule has 4 aliphatic heterocycles. The summed E-state index contributed by atoms with van der Waals surface area (Å²) in [6, 6.07) is 25.7. The largest absolute Gasteiger partial charge is 0.497 e. The minimum Gasteiger partial charge on any atom is -0.497 e. The molecule has 3 amide bonds. The molecule has 2 unspecified atom stereocenters. The quantitative estimate of drug-likeness (QED) is 0.0579. The second-order valence-electron chi connectivity index (χ2n) is 17.0. The van der Waals surface area contributed by atoms with Gasteiger partial charge in [-0.15, -0.1) is 0 Å². The minimum atomic E-state index is -2.00. The van der Waals surface area contributed by atoms with Gasteiger partial charge < -0.3 is 48.1 Å². The third-order valence-corrected chi connectivity index (χ3v) is 14.3. The molecule has 3 aromatic rings. The first-order chi connectivity index (χ1) is 31.2. The number of methoxy groups -OCH3 is 2. The van der Waals surface area contributed by atoms with Crippen molar-refractivity contribution >= 4 is 20.5 Å². The number of quaternary nitrogens is 1. The molecule has 4 N–H and O–H groups in total. The summed E-state index contributed by atoms with van der Waals surface area (Å²) >= 11 is 0. The van der Waals surface area contributed by atoms with E-state index in [2.05, 4.69) is 16.1 Å². The lowest BCUT2D eigenvalue weighted by Crippen LogP contribution is -2.72. The molecule has 0 radical (unpaired) electrons. The maximum atomic E-state index is 14.6. The summed E-state index contributed by atoms with van der Waals surface area (Å²) in [6.07, 6.45) is -7.60. The number of ether oxygens (including phenoxy) is 5. The second-order valence-corrected chi connectivity index (χ2v) is 18.4. The van der Waals surface area contributed by atoms with Crippen LogP contribution in [0.2, 0.25) is 0 Å². The van der Waals surface area contributed by atoms with Gasteiger partial charge >= 0.3 is 6.03 Å². The first-order valence-corrected chi connectivity index (χ1v) is 22.7. The van der Waals surface area contributed by atoms with Crippen molar-refractivity contribution < 1.29 is 67.0 Å². The van der Waals surface area contributed by atoms with Gasteiger partial charge in [-0.3, -0.25) is 9.63 Å². The maximum absolute atomic E-state index is 14.6. The van der Waals surface area contributed by atoms with E-state index in [0.29, 0.717) is 11.5 Å². The highest BCUT2D eigenvalue weighted by Crippen LogP contribution is 2.56. The van der Waals surface area contributed by atoms with Gasteiger partial charge in [-0.2, -0.15) is 14.8 Å². The number of aliphatic hydroxyl groups excluding tert-OH is 3. The summed E-state index contributed by atoms with van der Waals surface area (Å²) in [5.74, 6) is 0.525. The van der Waals surface area contributed by atoms with Crippen LogP contribution in [0, 0.1) is 11.3 Å². The molecule has 0 aromatic heterocycles. The molecule has 4 aliphatic rings. The smallest absolute Gasteiger partial charge is 0.432 e. The third-order valence-electron chi connectivity index (χ3n) is 12.2. The highest BCUT2D eigenvalue weighted by molar-refractivity contribution is 7.44. The molecule has 350 valence electrons. The van der Waals surface area contributed by atoms with Crippen molar-refractivity contribution in [3.05, 3.63) is 108 Å². The van der Waals surface area contributed by atoms with Crippen LogP contribution in [0.4, 0.5) is 4.79 Å². The molecule has 65 heavy (non-hydrogen) atoms. The molecule has 19 heteroatoms. The van der Waals surface area contributed by atoms with E-state index in [-0.39, 0.29) is 38.3 Å². The Labute approximate surface area is 380 Å². The molecule has 7 rings (SSSR count). The molecule has 3 fully saturated rings. The van der Waals surface area contributed by atoms with Crippen molar-refractivity contribution in [3.63, 3.8) is 0 Å². The zero-order chi connectivity index (χ0) is 46.7. The number of benzene rings is 3. The number of carbonyl (C=O) groups excluding carboxylic acids is 2. The van der Waals surface area contributed by atoms with Crippen molar-refractivity contribution in [2.45, 2.75) is 100 Å². The molecule has 18 nitrogen and oxygen atoms in total. The summed E-state index contributed by atoms with van der Waals surface area (Å²) in [5, 5.41) is 46.4. The first kappa shape index (κ1) is 48.5. The van der Waals surface area contributed by atoms with Crippen LogP contribution in [0.5, 0.6) is 11.5 Å². The Hall–Kier alpha value is -4.42. The molecule has 10 atom stereocenters. The number of nitrogens with one attached hydrogen (secondary N) is 1. The predicted octanol–water partition coefficient (Wildman–Crippen LogP) is 4.03. The fourth-order valence-electron chi connectivity index (χ4n) is 9.31. The first-order valence-electron chi connectivity index (χ1n) is 21.5. The number of carbonyl (C=O) groups is 2. The van der Waals surface area contributed by atoms with Crippen LogP contribution < -0.4 is 14.8 Å². The van der Waals surface area contributed by atoms with Crippen LogP contribution >= 0.6 is 8.53 Å². The molecule has 0 aliphatic carbocycles. The number of amides is 3. The van der Waals surface area contributed by atoms with Gasteiger partial charge in [0, 0.05) is 19.1 Å². The van der Waals surface area contributed by atoms with E-state index in [1.807, 2.05) is 107 Å². The Bertz CT molecular complexity index is 2120. The van der Waals surface area contributed by atoms with E-state index in [9.17, 15) is 30.2 Å². The number of nitrogens with zero attached hydrogens (tertiary/aromatic N) is 4. The van der Waals surface area contributed by atoms with Gasteiger partial charge in [0.05, 0.1) is 59.2 Å². The second kappa shape index (κ2) is 20.2. The van der Waals surface area contributed by atoms with Gasteiger partial charge in [-0.25, -0.2) is 14.8 Å². The van der Waals surface area contributed by atoms with E-state index in [1.54, 1.807) is 26.3 Å². The SMILES string of the molecule is COc1ccc(C(OC[C@@]23CN(C)O[C@@H]([C@H]([N+]4([C@@H]5O[C@H](CO)[C@@H](O)[C@H]5O)C=CC(=O)NC4=O)O2)[C@@H]3OP(OCCC#N)N(C(C)C)C(C)C)(c2ccccc2)c2ccc(OC)cc2)cc1. The van der Waals surface area contributed by atoms with Crippen LogP contribution in [-0.4, -0.2) is 150 Å². The number of hydrogen-bond acceptors (Lipinski definition) is 16. The van der Waals surface area contributed by atoms with Gasteiger partial charge in [-0.1, -0.05) is 54.6 Å². The summed E-state index contributed by atoms with van der Waals surface area (Å²) in [4.78, 5) is 34.1. The van der Waals surface area contributed by atoms with Gasteiger partial charge in [0.25, 0.3) is 14.4 Å². The lowest BCUT2D eigenvalue weighted by atomic mass is 9.79. The zero-order valence-corrected chi connectivity index (χ0v) is 38.4. The maximum Gasteiger partial charge on any atom is 0.432 e. The van der Waals surface area contributed by atoms with Gasteiger partial charge in [0.15, 0.2) is 12.2 Å². The van der Waals surface area contributed by atoms with E-state index in [4.69, 9.17) is 37.6 Å². The van der Waals surface area contributed by atoms with Gasteiger partial charge in [0.1, 0.15) is 47.2 Å². The van der Waals surface area contributed by atoms with Gasteiger partial charge in [-0.05, 0) is 68.7 Å². The van der Waals surface area contributed by atoms with Gasteiger partial charge in [0.2, 0.25) is 12.5 Å². The fraction of sp³-hybridized carbons (Fsp3) is 0.500. The number of likely N-dealkylation sites (N-methyl/N-ethyl adjacent to an activating group) is 1. The van der Waals surface area contributed by atoms with E-state index < -0.39 is 85.7 Å².